The first kappa shape index (κ1) is 12.9. The monoisotopic (exact) mass is 268 g/mol. The lowest BCUT2D eigenvalue weighted by Gasteiger charge is -2.19. The number of carbonyl (C=O) groups is 2. The highest BCUT2D eigenvalue weighted by atomic mass is 35.5. The summed E-state index contributed by atoms with van der Waals surface area (Å²) in [6.45, 7) is 5.19. The van der Waals surface area contributed by atoms with Crippen LogP contribution in [-0.4, -0.2) is 11.9 Å². The van der Waals surface area contributed by atoms with Gasteiger partial charge in [-0.15, -0.1) is 0 Å². The molecule has 0 aromatic heterocycles. The molecule has 2 rings (SSSR count). The zero-order valence-corrected chi connectivity index (χ0v) is 11.1. The molecule has 0 spiro atoms. The summed E-state index contributed by atoms with van der Waals surface area (Å²) in [6, 6.07) is 4.76. The number of rotatable bonds is 1. The van der Waals surface area contributed by atoms with Gasteiger partial charge in [0, 0.05) is 10.6 Å². The first-order valence-electron chi connectivity index (χ1n) is 5.50. The van der Waals surface area contributed by atoms with Crippen LogP contribution >= 0.6 is 11.6 Å². The Balaban J connectivity index is 2.25. The van der Waals surface area contributed by atoms with Gasteiger partial charge >= 0.3 is 11.9 Å². The maximum atomic E-state index is 11.8. The van der Waals surface area contributed by atoms with Crippen LogP contribution in [0.1, 0.15) is 43.0 Å². The van der Waals surface area contributed by atoms with Crippen molar-refractivity contribution in [1.82, 2.24) is 0 Å². The van der Waals surface area contributed by atoms with Gasteiger partial charge in [-0.05, 0) is 39.0 Å². The quantitative estimate of drug-likeness (QED) is 0.735. The van der Waals surface area contributed by atoms with E-state index in [-0.39, 0.29) is 0 Å². The van der Waals surface area contributed by atoms with Crippen molar-refractivity contribution in [2.75, 3.05) is 0 Å². The first-order valence-corrected chi connectivity index (χ1v) is 5.88. The highest BCUT2D eigenvalue weighted by molar-refractivity contribution is 6.31. The smallest absolute Gasteiger partial charge is 0.342 e. The summed E-state index contributed by atoms with van der Waals surface area (Å²) >= 11 is 5.80. The number of hydrogen-bond donors (Lipinski definition) is 0. The van der Waals surface area contributed by atoms with Crippen molar-refractivity contribution in [2.24, 2.45) is 5.41 Å². The predicted octanol–water partition coefficient (Wildman–Crippen LogP) is 3.10. The van der Waals surface area contributed by atoms with E-state index in [1.54, 1.807) is 32.9 Å². The molecule has 1 aliphatic rings. The van der Waals surface area contributed by atoms with E-state index in [0.717, 1.165) is 0 Å². The van der Waals surface area contributed by atoms with Gasteiger partial charge in [0.1, 0.15) is 0 Å². The molecule has 0 fully saturated rings. The molecule has 0 radical (unpaired) electrons. The Kier molecular flexibility index (Phi) is 3.07. The number of carbonyl (C=O) groups excluding carboxylic acids is 2. The van der Waals surface area contributed by atoms with Crippen LogP contribution in [0.5, 0.6) is 0 Å². The third kappa shape index (κ3) is 2.34. The Morgan fingerprint density at radius 3 is 2.67 bits per heavy atom. The molecule has 0 saturated heterocycles. The predicted molar refractivity (Wildman–Crippen MR) is 65.2 cm³/mol. The lowest BCUT2D eigenvalue weighted by molar-refractivity contribution is -0.177. The van der Waals surface area contributed by atoms with E-state index in [9.17, 15) is 9.59 Å². The number of cyclic esters (lactones) is 1. The zero-order valence-electron chi connectivity index (χ0n) is 10.3. The third-order valence-electron chi connectivity index (χ3n) is 2.53. The van der Waals surface area contributed by atoms with Crippen LogP contribution in [0, 0.1) is 5.41 Å². The number of halogens is 1. The van der Waals surface area contributed by atoms with Gasteiger partial charge in [-0.1, -0.05) is 11.6 Å². The van der Waals surface area contributed by atoms with Gasteiger partial charge in [0.2, 0.25) is 0 Å². The van der Waals surface area contributed by atoms with Crippen molar-refractivity contribution in [3.8, 4) is 0 Å². The Labute approximate surface area is 110 Å². The fourth-order valence-electron chi connectivity index (χ4n) is 1.50. The minimum absolute atomic E-state index is 0.342. The molecular weight excluding hydrogens is 256 g/mol. The van der Waals surface area contributed by atoms with Gasteiger partial charge in [-0.25, -0.2) is 4.79 Å². The second-order valence-corrected chi connectivity index (χ2v) is 5.56. The molecule has 1 heterocycles. The van der Waals surface area contributed by atoms with Crippen LogP contribution in [0.2, 0.25) is 5.02 Å². The molecule has 0 N–H and O–H groups in total. The molecule has 0 unspecified atom stereocenters. The number of benzene rings is 1. The highest BCUT2D eigenvalue weighted by Crippen LogP contribution is 2.34. The second-order valence-electron chi connectivity index (χ2n) is 5.12. The lowest BCUT2D eigenvalue weighted by atomic mass is 9.97. The zero-order chi connectivity index (χ0) is 13.5. The van der Waals surface area contributed by atoms with Crippen molar-refractivity contribution in [3.63, 3.8) is 0 Å². The molecule has 0 saturated carbocycles. The maximum Gasteiger partial charge on any atom is 0.342 e. The maximum absolute atomic E-state index is 11.8. The van der Waals surface area contributed by atoms with Gasteiger partial charge in [0.05, 0.1) is 11.0 Å². The lowest BCUT2D eigenvalue weighted by Crippen LogP contribution is -2.25. The van der Waals surface area contributed by atoms with Gasteiger partial charge in [-0.3, -0.25) is 4.79 Å². The van der Waals surface area contributed by atoms with Gasteiger partial charge in [0.25, 0.3) is 6.29 Å². The minimum Gasteiger partial charge on any atom is -0.420 e. The Bertz CT molecular complexity index is 516. The molecular formula is C13H13ClO4. The largest absolute Gasteiger partial charge is 0.420 e. The van der Waals surface area contributed by atoms with Crippen molar-refractivity contribution in [1.29, 1.82) is 0 Å². The molecule has 1 aromatic rings. The van der Waals surface area contributed by atoms with Crippen LogP contribution < -0.4 is 0 Å². The number of hydrogen-bond acceptors (Lipinski definition) is 4. The van der Waals surface area contributed by atoms with Gasteiger partial charge < -0.3 is 9.47 Å². The van der Waals surface area contributed by atoms with Crippen LogP contribution in [-0.2, 0) is 14.3 Å². The van der Waals surface area contributed by atoms with Gasteiger partial charge in [-0.2, -0.15) is 0 Å². The molecule has 4 nitrogen and oxygen atoms in total. The molecule has 5 heteroatoms. The van der Waals surface area contributed by atoms with E-state index in [1.807, 2.05) is 0 Å². The fraction of sp³-hybridized carbons (Fsp3) is 0.385. The summed E-state index contributed by atoms with van der Waals surface area (Å²) < 4.78 is 10.2. The molecule has 1 aliphatic heterocycles. The second kappa shape index (κ2) is 4.28. The van der Waals surface area contributed by atoms with E-state index < -0.39 is 23.6 Å². The molecule has 0 amide bonds. The van der Waals surface area contributed by atoms with E-state index in [4.69, 9.17) is 21.1 Å². The Hall–Kier alpha value is -1.55. The van der Waals surface area contributed by atoms with Crippen molar-refractivity contribution >= 4 is 23.5 Å². The molecule has 1 aromatic carbocycles. The first-order chi connectivity index (χ1) is 8.29. The molecule has 0 aliphatic carbocycles. The summed E-state index contributed by atoms with van der Waals surface area (Å²) in [6.07, 6.45) is -0.975. The highest BCUT2D eigenvalue weighted by Gasteiger charge is 2.36. The van der Waals surface area contributed by atoms with E-state index in [0.29, 0.717) is 16.1 Å². The number of esters is 2. The van der Waals surface area contributed by atoms with Crippen molar-refractivity contribution in [2.45, 2.75) is 27.1 Å². The average molecular weight is 269 g/mol. The normalized spacial score (nSPS) is 18.2. The minimum atomic E-state index is -0.975. The summed E-state index contributed by atoms with van der Waals surface area (Å²) in [5.41, 5.74) is 0.220. The van der Waals surface area contributed by atoms with E-state index >= 15 is 0 Å². The SMILES string of the molecule is CC(C)(C)C(=O)O[C@H]1OC(=O)c2cc(Cl)ccc21. The van der Waals surface area contributed by atoms with Crippen LogP contribution in [0.25, 0.3) is 0 Å². The van der Waals surface area contributed by atoms with E-state index in [2.05, 4.69) is 0 Å². The molecule has 0 bridgehead atoms. The summed E-state index contributed by atoms with van der Waals surface area (Å²) in [5, 5.41) is 0.438. The van der Waals surface area contributed by atoms with Crippen LogP contribution in [0.4, 0.5) is 0 Å². The Morgan fingerprint density at radius 2 is 2.06 bits per heavy atom. The number of fused-ring (bicyclic) bond motifs is 1. The van der Waals surface area contributed by atoms with Crippen LogP contribution in [0.15, 0.2) is 18.2 Å². The van der Waals surface area contributed by atoms with Crippen molar-refractivity contribution < 1.29 is 19.1 Å². The van der Waals surface area contributed by atoms with Crippen LogP contribution in [0.3, 0.4) is 0 Å². The molecule has 1 atom stereocenters. The third-order valence-corrected chi connectivity index (χ3v) is 2.76. The van der Waals surface area contributed by atoms with Crippen molar-refractivity contribution in [3.05, 3.63) is 34.3 Å². The Morgan fingerprint density at radius 1 is 1.39 bits per heavy atom. The standard InChI is InChI=1S/C13H13ClO4/c1-13(2,3)12(16)18-11-8-5-4-7(14)6-9(8)10(15)17-11/h4-6,11H,1-3H3/t11-/m1/s1. The van der Waals surface area contributed by atoms with Gasteiger partial charge in [0.15, 0.2) is 0 Å². The fourth-order valence-corrected chi connectivity index (χ4v) is 1.67. The molecule has 96 valence electrons. The summed E-state index contributed by atoms with van der Waals surface area (Å²) in [7, 11) is 0. The number of ether oxygens (including phenoxy) is 2. The van der Waals surface area contributed by atoms with E-state index in [1.165, 1.54) is 6.07 Å². The average Bonchev–Trinajstić information content (AvgIpc) is 2.54. The molecule has 18 heavy (non-hydrogen) atoms. The summed E-state index contributed by atoms with van der Waals surface area (Å²) in [5.74, 6) is -0.956. The topological polar surface area (TPSA) is 52.6 Å². The summed E-state index contributed by atoms with van der Waals surface area (Å²) in [4.78, 5) is 23.4.